The summed E-state index contributed by atoms with van der Waals surface area (Å²) in [6.07, 6.45) is 2.75. The van der Waals surface area contributed by atoms with Crippen molar-refractivity contribution in [2.75, 3.05) is 20.6 Å². The molecule has 0 saturated carbocycles. The van der Waals surface area contributed by atoms with E-state index in [0.29, 0.717) is 0 Å². The van der Waals surface area contributed by atoms with Gasteiger partial charge in [-0.2, -0.15) is 0 Å². The molecule has 64 valence electrons. The van der Waals surface area contributed by atoms with Crippen molar-refractivity contribution in [1.82, 2.24) is 9.80 Å². The third-order valence-corrected chi connectivity index (χ3v) is 3.54. The monoisotopic (exact) mass is 154 g/mol. The zero-order chi connectivity index (χ0) is 8.01. The van der Waals surface area contributed by atoms with Crippen LogP contribution in [0.4, 0.5) is 0 Å². The fourth-order valence-electron chi connectivity index (χ4n) is 2.72. The first-order chi connectivity index (χ1) is 5.24. The van der Waals surface area contributed by atoms with Crippen molar-refractivity contribution in [1.29, 1.82) is 0 Å². The van der Waals surface area contributed by atoms with Crippen LogP contribution in [0.25, 0.3) is 0 Å². The first kappa shape index (κ1) is 7.56. The van der Waals surface area contributed by atoms with Gasteiger partial charge in [0.15, 0.2) is 0 Å². The molecule has 3 saturated heterocycles. The van der Waals surface area contributed by atoms with Crippen LogP contribution in [0, 0.1) is 0 Å². The predicted molar refractivity (Wildman–Crippen MR) is 46.7 cm³/mol. The molecule has 0 aromatic rings. The Hall–Kier alpha value is -0.0800. The van der Waals surface area contributed by atoms with Gasteiger partial charge in [-0.1, -0.05) is 6.92 Å². The minimum Gasteiger partial charge on any atom is -0.300 e. The maximum Gasteiger partial charge on any atom is 0.0267 e. The molecule has 0 spiro atoms. The van der Waals surface area contributed by atoms with Crippen LogP contribution in [0.3, 0.4) is 0 Å². The van der Waals surface area contributed by atoms with Gasteiger partial charge in [-0.25, -0.2) is 0 Å². The molecule has 0 amide bonds. The van der Waals surface area contributed by atoms with Crippen LogP contribution >= 0.6 is 0 Å². The summed E-state index contributed by atoms with van der Waals surface area (Å²) in [7, 11) is 4.54. The molecule has 0 aliphatic carbocycles. The number of rotatable bonds is 1. The molecule has 3 fully saturated rings. The van der Waals surface area contributed by atoms with E-state index in [4.69, 9.17) is 0 Å². The molecule has 3 heterocycles. The average molecular weight is 154 g/mol. The molecule has 3 aliphatic heterocycles. The largest absolute Gasteiger partial charge is 0.300 e. The van der Waals surface area contributed by atoms with Crippen molar-refractivity contribution in [3.8, 4) is 0 Å². The molecular formula is C9H18N2. The Morgan fingerprint density at radius 3 is 2.55 bits per heavy atom. The van der Waals surface area contributed by atoms with Gasteiger partial charge in [0.05, 0.1) is 0 Å². The van der Waals surface area contributed by atoms with E-state index in [2.05, 4.69) is 30.8 Å². The Labute approximate surface area is 69.2 Å². The molecule has 0 aromatic heterocycles. The molecule has 2 nitrogen and oxygen atoms in total. The lowest BCUT2D eigenvalue weighted by Gasteiger charge is -2.58. The summed E-state index contributed by atoms with van der Waals surface area (Å²) in [5, 5.41) is 0. The summed E-state index contributed by atoms with van der Waals surface area (Å²) in [6.45, 7) is 3.58. The standard InChI is InChI=1S/C9H18N2/c1-4-8-9-5-7(11(9)3)6-10(8)2/h7-9H,4-6H2,1-3H3. The molecule has 0 aromatic carbocycles. The molecule has 3 aliphatic rings. The van der Waals surface area contributed by atoms with Crippen LogP contribution < -0.4 is 0 Å². The van der Waals surface area contributed by atoms with Gasteiger partial charge in [0, 0.05) is 24.7 Å². The highest BCUT2D eigenvalue weighted by Gasteiger charge is 2.46. The highest BCUT2D eigenvalue weighted by atomic mass is 15.4. The third-order valence-electron chi connectivity index (χ3n) is 3.54. The summed E-state index contributed by atoms with van der Waals surface area (Å²) >= 11 is 0. The Balaban J connectivity index is 2.06. The Morgan fingerprint density at radius 2 is 2.09 bits per heavy atom. The van der Waals surface area contributed by atoms with E-state index in [9.17, 15) is 0 Å². The molecule has 11 heavy (non-hydrogen) atoms. The minimum absolute atomic E-state index is 0.824. The average Bonchev–Trinajstić information content (AvgIpc) is 2.03. The molecule has 2 heteroatoms. The van der Waals surface area contributed by atoms with Crippen LogP contribution in [-0.4, -0.2) is 48.6 Å². The second-order valence-electron chi connectivity index (χ2n) is 4.04. The molecule has 0 radical (unpaired) electrons. The van der Waals surface area contributed by atoms with Crippen LogP contribution in [0.5, 0.6) is 0 Å². The van der Waals surface area contributed by atoms with Gasteiger partial charge in [0.1, 0.15) is 0 Å². The first-order valence-electron chi connectivity index (χ1n) is 4.66. The van der Waals surface area contributed by atoms with E-state index in [1.807, 2.05) is 0 Å². The lowest BCUT2D eigenvalue weighted by Crippen LogP contribution is -2.70. The number of piperidine rings is 1. The van der Waals surface area contributed by atoms with E-state index < -0.39 is 0 Å². The lowest BCUT2D eigenvalue weighted by molar-refractivity contribution is -0.0828. The van der Waals surface area contributed by atoms with Crippen molar-refractivity contribution < 1.29 is 0 Å². The van der Waals surface area contributed by atoms with Crippen molar-refractivity contribution >= 4 is 0 Å². The van der Waals surface area contributed by atoms with Gasteiger partial charge in [-0.15, -0.1) is 0 Å². The molecule has 3 atom stereocenters. The summed E-state index contributed by atoms with van der Waals surface area (Å²) in [6, 6.07) is 2.56. The zero-order valence-corrected chi connectivity index (χ0v) is 7.75. The number of nitrogens with zero attached hydrogens (tertiary/aromatic N) is 2. The minimum atomic E-state index is 0.824. The fourth-order valence-corrected chi connectivity index (χ4v) is 2.72. The van der Waals surface area contributed by atoms with Crippen LogP contribution in [0.15, 0.2) is 0 Å². The number of piperazine rings is 1. The van der Waals surface area contributed by atoms with Gasteiger partial charge in [0.2, 0.25) is 0 Å². The van der Waals surface area contributed by atoms with E-state index in [-0.39, 0.29) is 0 Å². The molecule has 3 rings (SSSR count). The van der Waals surface area contributed by atoms with Gasteiger partial charge >= 0.3 is 0 Å². The predicted octanol–water partition coefficient (Wildman–Crippen LogP) is 0.783. The maximum absolute atomic E-state index is 2.55. The van der Waals surface area contributed by atoms with Crippen LogP contribution in [0.2, 0.25) is 0 Å². The van der Waals surface area contributed by atoms with E-state index in [1.54, 1.807) is 0 Å². The van der Waals surface area contributed by atoms with Crippen LogP contribution in [0.1, 0.15) is 19.8 Å². The van der Waals surface area contributed by atoms with E-state index in [0.717, 1.165) is 18.1 Å². The van der Waals surface area contributed by atoms with E-state index >= 15 is 0 Å². The molecule has 3 unspecified atom stereocenters. The van der Waals surface area contributed by atoms with Gasteiger partial charge < -0.3 is 4.90 Å². The van der Waals surface area contributed by atoms with E-state index in [1.165, 1.54) is 19.4 Å². The number of fused-ring (bicyclic) bond motifs is 2. The fraction of sp³-hybridized carbons (Fsp3) is 1.00. The van der Waals surface area contributed by atoms with Crippen molar-refractivity contribution in [2.24, 2.45) is 0 Å². The topological polar surface area (TPSA) is 6.48 Å². The van der Waals surface area contributed by atoms with Crippen molar-refractivity contribution in [3.63, 3.8) is 0 Å². The second kappa shape index (κ2) is 2.46. The molecule has 0 N–H and O–H groups in total. The summed E-state index contributed by atoms with van der Waals surface area (Å²) in [4.78, 5) is 5.08. The number of likely N-dealkylation sites (N-methyl/N-ethyl adjacent to an activating group) is 2. The summed E-state index contributed by atoms with van der Waals surface area (Å²) < 4.78 is 0. The first-order valence-corrected chi connectivity index (χ1v) is 4.66. The molecular weight excluding hydrogens is 136 g/mol. The SMILES string of the molecule is CCC1C2CC(CN1C)N2C. The Bertz CT molecular complexity index is 158. The highest BCUT2D eigenvalue weighted by molar-refractivity contribution is 5.03. The quantitative estimate of drug-likeness (QED) is 0.551. The third kappa shape index (κ3) is 0.926. The normalized spacial score (nSPS) is 45.5. The summed E-state index contributed by atoms with van der Waals surface area (Å²) in [5.41, 5.74) is 0. The lowest BCUT2D eigenvalue weighted by atomic mass is 9.81. The number of hydrogen-bond acceptors (Lipinski definition) is 2. The molecule has 2 bridgehead atoms. The zero-order valence-electron chi connectivity index (χ0n) is 7.75. The smallest absolute Gasteiger partial charge is 0.0267 e. The second-order valence-corrected chi connectivity index (χ2v) is 4.04. The van der Waals surface area contributed by atoms with Crippen LogP contribution in [-0.2, 0) is 0 Å². The van der Waals surface area contributed by atoms with Gasteiger partial charge in [0.25, 0.3) is 0 Å². The highest BCUT2D eigenvalue weighted by Crippen LogP contribution is 2.35. The van der Waals surface area contributed by atoms with Crippen molar-refractivity contribution in [3.05, 3.63) is 0 Å². The number of hydrogen-bond donors (Lipinski definition) is 0. The Kier molecular flexibility index (Phi) is 1.69. The van der Waals surface area contributed by atoms with Gasteiger partial charge in [-0.3, -0.25) is 4.90 Å². The maximum atomic E-state index is 2.55. The Morgan fingerprint density at radius 1 is 1.36 bits per heavy atom. The van der Waals surface area contributed by atoms with Gasteiger partial charge in [-0.05, 0) is 26.9 Å². The summed E-state index contributed by atoms with van der Waals surface area (Å²) in [5.74, 6) is 0. The van der Waals surface area contributed by atoms with Crippen molar-refractivity contribution in [2.45, 2.75) is 37.9 Å².